The number of amides is 1. The number of rotatable bonds is 4. The molecular weight excluding hydrogens is 394 g/mol. The standard InChI is InChI=1S/C23H27N5O3/c1-15-19-21(28(26-15)18-10-6-3-7-11-18)24-20(25-22(19)29)17-12-27(13-17)23(30)31-14-16-8-4-2-5-9-16/h2,4-5,8-9,17-18H,3,6-7,10-14H2,1H3,(H,24,25,29). The number of hydrogen-bond donors (Lipinski definition) is 1. The van der Waals surface area contributed by atoms with Crippen LogP contribution in [0.15, 0.2) is 35.1 Å². The summed E-state index contributed by atoms with van der Waals surface area (Å²) in [5.74, 6) is 0.623. The molecular formula is C23H27N5O3. The molecule has 1 aliphatic heterocycles. The molecule has 0 radical (unpaired) electrons. The zero-order valence-corrected chi connectivity index (χ0v) is 17.7. The number of benzene rings is 1. The van der Waals surface area contributed by atoms with Crippen LogP contribution in [0.3, 0.4) is 0 Å². The Morgan fingerprint density at radius 1 is 1.16 bits per heavy atom. The monoisotopic (exact) mass is 421 g/mol. The number of aryl methyl sites for hydroxylation is 1. The number of fused-ring (bicyclic) bond motifs is 1. The van der Waals surface area contributed by atoms with Gasteiger partial charge in [-0.1, -0.05) is 49.6 Å². The molecule has 1 aromatic carbocycles. The van der Waals surface area contributed by atoms with Crippen molar-refractivity contribution in [3.63, 3.8) is 0 Å². The summed E-state index contributed by atoms with van der Waals surface area (Å²) in [5, 5.41) is 5.24. The van der Waals surface area contributed by atoms with Gasteiger partial charge in [0.05, 0.1) is 17.7 Å². The van der Waals surface area contributed by atoms with Crippen LogP contribution in [0.2, 0.25) is 0 Å². The van der Waals surface area contributed by atoms with Crippen LogP contribution in [0.1, 0.15) is 61.1 Å². The maximum absolute atomic E-state index is 12.8. The lowest BCUT2D eigenvalue weighted by atomic mass is 9.96. The third-order valence-electron chi connectivity index (χ3n) is 6.41. The Labute approximate surface area is 180 Å². The van der Waals surface area contributed by atoms with E-state index in [0.29, 0.717) is 36.0 Å². The lowest BCUT2D eigenvalue weighted by Crippen LogP contribution is -2.49. The summed E-state index contributed by atoms with van der Waals surface area (Å²) in [7, 11) is 0. The van der Waals surface area contributed by atoms with E-state index in [1.54, 1.807) is 4.90 Å². The summed E-state index contributed by atoms with van der Waals surface area (Å²) in [4.78, 5) is 34.5. The molecule has 0 atom stereocenters. The Morgan fingerprint density at radius 3 is 2.65 bits per heavy atom. The van der Waals surface area contributed by atoms with Crippen LogP contribution in [0.25, 0.3) is 11.0 Å². The van der Waals surface area contributed by atoms with E-state index < -0.39 is 0 Å². The van der Waals surface area contributed by atoms with Gasteiger partial charge in [0.25, 0.3) is 5.56 Å². The van der Waals surface area contributed by atoms with Gasteiger partial charge in [-0.25, -0.2) is 14.5 Å². The average molecular weight is 422 g/mol. The van der Waals surface area contributed by atoms with Gasteiger partial charge in [0.2, 0.25) is 0 Å². The number of likely N-dealkylation sites (tertiary alicyclic amines) is 1. The van der Waals surface area contributed by atoms with Crippen molar-refractivity contribution in [3.8, 4) is 0 Å². The Morgan fingerprint density at radius 2 is 1.90 bits per heavy atom. The second-order valence-corrected chi connectivity index (χ2v) is 8.61. The normalized spacial score (nSPS) is 17.6. The Balaban J connectivity index is 1.30. The molecule has 1 saturated heterocycles. The van der Waals surface area contributed by atoms with E-state index in [-0.39, 0.29) is 24.2 Å². The highest BCUT2D eigenvalue weighted by molar-refractivity contribution is 5.77. The molecule has 3 aromatic rings. The van der Waals surface area contributed by atoms with Crippen molar-refractivity contribution >= 4 is 17.1 Å². The summed E-state index contributed by atoms with van der Waals surface area (Å²) in [6.07, 6.45) is 5.43. The van der Waals surface area contributed by atoms with Gasteiger partial charge in [-0.3, -0.25) is 4.79 Å². The number of nitrogens with zero attached hydrogens (tertiary/aromatic N) is 4. The quantitative estimate of drug-likeness (QED) is 0.694. The van der Waals surface area contributed by atoms with Gasteiger partial charge in [-0.05, 0) is 25.3 Å². The fourth-order valence-corrected chi connectivity index (χ4v) is 4.61. The summed E-state index contributed by atoms with van der Waals surface area (Å²) < 4.78 is 7.36. The number of aromatic amines is 1. The number of H-pyrrole nitrogens is 1. The van der Waals surface area contributed by atoms with Crippen molar-refractivity contribution in [2.45, 2.75) is 57.6 Å². The highest BCUT2D eigenvalue weighted by Gasteiger charge is 2.35. The minimum Gasteiger partial charge on any atom is -0.445 e. The van der Waals surface area contributed by atoms with Crippen LogP contribution >= 0.6 is 0 Å². The zero-order chi connectivity index (χ0) is 21.4. The first-order valence-electron chi connectivity index (χ1n) is 11.0. The van der Waals surface area contributed by atoms with Crippen LogP contribution in [0, 0.1) is 6.92 Å². The Hall–Kier alpha value is -3.16. The summed E-state index contributed by atoms with van der Waals surface area (Å²) in [6, 6.07) is 9.91. The van der Waals surface area contributed by atoms with Crippen LogP contribution < -0.4 is 5.56 Å². The first-order valence-corrected chi connectivity index (χ1v) is 11.0. The van der Waals surface area contributed by atoms with Gasteiger partial charge in [-0.15, -0.1) is 0 Å². The molecule has 0 unspecified atom stereocenters. The molecule has 3 heterocycles. The van der Waals surface area contributed by atoms with E-state index in [1.165, 1.54) is 19.3 Å². The van der Waals surface area contributed by atoms with Crippen molar-refractivity contribution in [1.29, 1.82) is 0 Å². The maximum Gasteiger partial charge on any atom is 0.410 e. The number of aromatic nitrogens is 4. The lowest BCUT2D eigenvalue weighted by molar-refractivity contribution is 0.0650. The molecule has 0 bridgehead atoms. The van der Waals surface area contributed by atoms with Crippen LogP contribution in [-0.4, -0.2) is 43.8 Å². The maximum atomic E-state index is 12.8. The zero-order valence-electron chi connectivity index (χ0n) is 17.7. The highest BCUT2D eigenvalue weighted by atomic mass is 16.6. The molecule has 8 heteroatoms. The minimum absolute atomic E-state index is 0.00335. The smallest absolute Gasteiger partial charge is 0.410 e. The third kappa shape index (κ3) is 3.82. The predicted octanol–water partition coefficient (Wildman–Crippen LogP) is 3.67. The van der Waals surface area contributed by atoms with Gasteiger partial charge in [0.15, 0.2) is 5.65 Å². The molecule has 162 valence electrons. The van der Waals surface area contributed by atoms with E-state index in [9.17, 15) is 9.59 Å². The number of ether oxygens (including phenoxy) is 1. The molecule has 5 rings (SSSR count). The van der Waals surface area contributed by atoms with Crippen molar-refractivity contribution in [2.24, 2.45) is 0 Å². The molecule has 2 aliphatic rings. The Kier molecular flexibility index (Phi) is 5.21. The minimum atomic E-state index is -0.341. The van der Waals surface area contributed by atoms with Crippen molar-refractivity contribution in [1.82, 2.24) is 24.6 Å². The van der Waals surface area contributed by atoms with Gasteiger partial charge in [0.1, 0.15) is 17.8 Å². The lowest BCUT2D eigenvalue weighted by Gasteiger charge is -2.37. The second kappa shape index (κ2) is 8.17. The van der Waals surface area contributed by atoms with Gasteiger partial charge < -0.3 is 14.6 Å². The van der Waals surface area contributed by atoms with Gasteiger partial charge in [-0.2, -0.15) is 5.10 Å². The molecule has 1 aliphatic carbocycles. The molecule has 0 spiro atoms. The average Bonchev–Trinajstić information content (AvgIpc) is 3.09. The number of hydrogen-bond acceptors (Lipinski definition) is 5. The second-order valence-electron chi connectivity index (χ2n) is 8.61. The summed E-state index contributed by atoms with van der Waals surface area (Å²) in [6.45, 7) is 3.09. The predicted molar refractivity (Wildman–Crippen MR) is 116 cm³/mol. The molecule has 31 heavy (non-hydrogen) atoms. The molecule has 2 aromatic heterocycles. The van der Waals surface area contributed by atoms with E-state index in [2.05, 4.69) is 10.1 Å². The largest absolute Gasteiger partial charge is 0.445 e. The van der Waals surface area contributed by atoms with Gasteiger partial charge >= 0.3 is 6.09 Å². The van der Waals surface area contributed by atoms with Crippen molar-refractivity contribution in [3.05, 3.63) is 57.8 Å². The topological polar surface area (TPSA) is 93.1 Å². The number of carbonyl (C=O) groups is 1. The van der Waals surface area contributed by atoms with Crippen LogP contribution in [-0.2, 0) is 11.3 Å². The fraction of sp³-hybridized carbons (Fsp3) is 0.478. The SMILES string of the molecule is Cc1nn(C2CCCCC2)c2nc(C3CN(C(=O)OCc4ccccc4)C3)[nH]c(=O)c12. The molecule has 1 N–H and O–H groups in total. The van der Waals surface area contributed by atoms with E-state index >= 15 is 0 Å². The van der Waals surface area contributed by atoms with Crippen LogP contribution in [0.4, 0.5) is 4.79 Å². The van der Waals surface area contributed by atoms with Crippen LogP contribution in [0.5, 0.6) is 0 Å². The van der Waals surface area contributed by atoms with Gasteiger partial charge in [0, 0.05) is 13.1 Å². The first-order chi connectivity index (χ1) is 15.1. The molecule has 2 fully saturated rings. The van der Waals surface area contributed by atoms with Crippen molar-refractivity contribution in [2.75, 3.05) is 13.1 Å². The summed E-state index contributed by atoms with van der Waals surface area (Å²) in [5.41, 5.74) is 2.20. The number of carbonyl (C=O) groups excluding carboxylic acids is 1. The van der Waals surface area contributed by atoms with E-state index in [0.717, 1.165) is 24.1 Å². The third-order valence-corrected chi connectivity index (χ3v) is 6.41. The summed E-state index contributed by atoms with van der Waals surface area (Å²) >= 11 is 0. The molecule has 1 amide bonds. The molecule has 1 saturated carbocycles. The van der Waals surface area contributed by atoms with E-state index in [4.69, 9.17) is 9.72 Å². The molecule has 8 nitrogen and oxygen atoms in total. The fourth-order valence-electron chi connectivity index (χ4n) is 4.61. The highest BCUT2D eigenvalue weighted by Crippen LogP contribution is 2.31. The number of nitrogens with one attached hydrogen (secondary N) is 1. The van der Waals surface area contributed by atoms with Crippen molar-refractivity contribution < 1.29 is 9.53 Å². The first kappa shape index (κ1) is 19.8. The van der Waals surface area contributed by atoms with E-state index in [1.807, 2.05) is 41.9 Å². The Bertz CT molecular complexity index is 1140.